The normalized spacial score (nSPS) is 21.8. The quantitative estimate of drug-likeness (QED) is 0.789. The highest BCUT2D eigenvalue weighted by atomic mass is 16.5. The average Bonchev–Trinajstić information content (AvgIpc) is 2.47. The predicted molar refractivity (Wildman–Crippen MR) is 80.5 cm³/mol. The maximum absolute atomic E-state index is 12.1. The molecule has 0 saturated heterocycles. The van der Waals surface area contributed by atoms with Crippen molar-refractivity contribution in [2.45, 2.75) is 39.4 Å². The Labute approximate surface area is 121 Å². The summed E-state index contributed by atoms with van der Waals surface area (Å²) in [5, 5.41) is 0. The highest BCUT2D eigenvalue weighted by Gasteiger charge is 2.25. The van der Waals surface area contributed by atoms with E-state index in [1.54, 1.807) is 6.08 Å². The van der Waals surface area contributed by atoms with Gasteiger partial charge in [-0.15, -0.1) is 0 Å². The molecule has 0 spiro atoms. The third kappa shape index (κ3) is 3.10. The van der Waals surface area contributed by atoms with Crippen molar-refractivity contribution in [1.82, 2.24) is 4.90 Å². The number of amides is 1. The minimum atomic E-state index is 0.0743. The van der Waals surface area contributed by atoms with Gasteiger partial charge in [-0.3, -0.25) is 4.79 Å². The number of likely N-dealkylation sites (N-methyl/N-ethyl adjacent to an activating group) is 1. The fourth-order valence-corrected chi connectivity index (χ4v) is 2.66. The molecule has 1 amide bonds. The van der Waals surface area contributed by atoms with Crippen LogP contribution in [0.25, 0.3) is 0 Å². The van der Waals surface area contributed by atoms with Crippen molar-refractivity contribution in [2.24, 2.45) is 0 Å². The highest BCUT2D eigenvalue weighted by Crippen LogP contribution is 2.32. The van der Waals surface area contributed by atoms with Crippen molar-refractivity contribution in [3.8, 4) is 0 Å². The van der Waals surface area contributed by atoms with Crippen LogP contribution in [0.4, 0.5) is 0 Å². The van der Waals surface area contributed by atoms with E-state index in [2.05, 4.69) is 19.1 Å². The topological polar surface area (TPSA) is 29.5 Å². The molecule has 0 radical (unpaired) electrons. The summed E-state index contributed by atoms with van der Waals surface area (Å²) in [6, 6.07) is 8.30. The first-order valence-corrected chi connectivity index (χ1v) is 7.33. The van der Waals surface area contributed by atoms with E-state index < -0.39 is 0 Å². The average molecular weight is 273 g/mol. The van der Waals surface area contributed by atoms with Crippen LogP contribution >= 0.6 is 0 Å². The lowest BCUT2D eigenvalue weighted by Crippen LogP contribution is -2.29. The monoisotopic (exact) mass is 273 g/mol. The maximum Gasteiger partial charge on any atom is 0.246 e. The zero-order chi connectivity index (χ0) is 14.5. The molecule has 1 aromatic rings. The molecule has 0 saturated carbocycles. The number of hydrogen-bond acceptors (Lipinski definition) is 2. The van der Waals surface area contributed by atoms with Gasteiger partial charge in [0.15, 0.2) is 0 Å². The van der Waals surface area contributed by atoms with E-state index in [1.165, 1.54) is 11.1 Å². The summed E-state index contributed by atoms with van der Waals surface area (Å²) >= 11 is 0. The third-order valence-corrected chi connectivity index (χ3v) is 3.94. The Balaban J connectivity index is 2.18. The maximum atomic E-state index is 12.1. The van der Waals surface area contributed by atoms with Gasteiger partial charge in [-0.2, -0.15) is 0 Å². The summed E-state index contributed by atoms with van der Waals surface area (Å²) in [4.78, 5) is 13.9. The van der Waals surface area contributed by atoms with Crippen LogP contribution in [0.5, 0.6) is 0 Å². The van der Waals surface area contributed by atoms with Gasteiger partial charge in [0.2, 0.25) is 5.91 Å². The first kappa shape index (κ1) is 14.8. The molecular weight excluding hydrogens is 250 g/mol. The molecule has 0 unspecified atom stereocenters. The van der Waals surface area contributed by atoms with Gasteiger partial charge < -0.3 is 9.64 Å². The summed E-state index contributed by atoms with van der Waals surface area (Å²) in [7, 11) is 0. The number of ether oxygens (including phenoxy) is 1. The van der Waals surface area contributed by atoms with Crippen molar-refractivity contribution < 1.29 is 9.53 Å². The molecule has 108 valence electrons. The van der Waals surface area contributed by atoms with Gasteiger partial charge in [0.1, 0.15) is 0 Å². The molecule has 2 atom stereocenters. The van der Waals surface area contributed by atoms with Crippen LogP contribution < -0.4 is 0 Å². The van der Waals surface area contributed by atoms with Crippen LogP contribution in [0, 0.1) is 0 Å². The molecule has 1 aliphatic heterocycles. The van der Waals surface area contributed by atoms with E-state index in [0.29, 0.717) is 6.61 Å². The van der Waals surface area contributed by atoms with Crippen LogP contribution in [-0.4, -0.2) is 30.0 Å². The van der Waals surface area contributed by atoms with Gasteiger partial charge in [0.25, 0.3) is 0 Å². The lowest BCUT2D eigenvalue weighted by atomic mass is 9.88. The van der Waals surface area contributed by atoms with Gasteiger partial charge in [-0.05, 0) is 38.0 Å². The number of carbonyl (C=O) groups is 1. The lowest BCUT2D eigenvalue weighted by molar-refractivity contribution is -0.125. The molecule has 1 aliphatic rings. The van der Waals surface area contributed by atoms with Crippen molar-refractivity contribution in [2.75, 3.05) is 13.1 Å². The summed E-state index contributed by atoms with van der Waals surface area (Å²) in [5.74, 6) is 0.227. The SMILES string of the molecule is CCN(CC)C(=O)/C=C/[C@@H]1c2ccccc2CO[C@@H]1C. The van der Waals surface area contributed by atoms with E-state index in [-0.39, 0.29) is 17.9 Å². The van der Waals surface area contributed by atoms with Crippen LogP contribution in [0.3, 0.4) is 0 Å². The van der Waals surface area contributed by atoms with Gasteiger partial charge in [-0.1, -0.05) is 30.3 Å². The van der Waals surface area contributed by atoms with Gasteiger partial charge in [0, 0.05) is 19.0 Å². The van der Waals surface area contributed by atoms with E-state index in [4.69, 9.17) is 4.74 Å². The Morgan fingerprint density at radius 2 is 2.05 bits per heavy atom. The van der Waals surface area contributed by atoms with E-state index in [0.717, 1.165) is 13.1 Å². The summed E-state index contributed by atoms with van der Waals surface area (Å²) in [5.41, 5.74) is 2.49. The third-order valence-electron chi connectivity index (χ3n) is 3.94. The summed E-state index contributed by atoms with van der Waals surface area (Å²) < 4.78 is 5.79. The Bertz CT molecular complexity index is 492. The smallest absolute Gasteiger partial charge is 0.246 e. The molecule has 0 fully saturated rings. The van der Waals surface area contributed by atoms with Crippen molar-refractivity contribution in [3.63, 3.8) is 0 Å². The van der Waals surface area contributed by atoms with E-state index in [1.807, 2.05) is 37.0 Å². The van der Waals surface area contributed by atoms with Crippen LogP contribution in [0.2, 0.25) is 0 Å². The number of carbonyl (C=O) groups excluding carboxylic acids is 1. The van der Waals surface area contributed by atoms with Crippen molar-refractivity contribution in [1.29, 1.82) is 0 Å². The number of hydrogen-bond donors (Lipinski definition) is 0. The fraction of sp³-hybridized carbons (Fsp3) is 0.471. The van der Waals surface area contributed by atoms with E-state index in [9.17, 15) is 4.79 Å². The molecule has 20 heavy (non-hydrogen) atoms. The molecule has 1 aromatic carbocycles. The fourth-order valence-electron chi connectivity index (χ4n) is 2.66. The Kier molecular flexibility index (Phi) is 4.96. The predicted octanol–water partition coefficient (Wildman–Crippen LogP) is 3.11. The van der Waals surface area contributed by atoms with Gasteiger partial charge in [0.05, 0.1) is 12.7 Å². The van der Waals surface area contributed by atoms with Crippen molar-refractivity contribution >= 4 is 5.91 Å². The molecule has 3 heteroatoms. The largest absolute Gasteiger partial charge is 0.373 e. The van der Waals surface area contributed by atoms with Gasteiger partial charge in [-0.25, -0.2) is 0 Å². The molecule has 2 rings (SSSR count). The summed E-state index contributed by atoms with van der Waals surface area (Å²) in [6.45, 7) is 8.20. The molecule has 0 N–H and O–H groups in total. The molecular formula is C17H23NO2. The molecule has 1 heterocycles. The van der Waals surface area contributed by atoms with Crippen molar-refractivity contribution in [3.05, 3.63) is 47.5 Å². The first-order valence-electron chi connectivity index (χ1n) is 7.33. The van der Waals surface area contributed by atoms with Crippen LogP contribution in [-0.2, 0) is 16.1 Å². The second-order valence-corrected chi connectivity index (χ2v) is 5.11. The minimum absolute atomic E-state index is 0.0743. The zero-order valence-corrected chi connectivity index (χ0v) is 12.5. The zero-order valence-electron chi connectivity index (χ0n) is 12.5. The molecule has 0 bridgehead atoms. The first-order chi connectivity index (χ1) is 9.67. The van der Waals surface area contributed by atoms with Crippen LogP contribution in [0.15, 0.2) is 36.4 Å². The highest BCUT2D eigenvalue weighted by molar-refractivity contribution is 5.87. The van der Waals surface area contributed by atoms with E-state index >= 15 is 0 Å². The number of rotatable bonds is 4. The molecule has 0 aromatic heterocycles. The minimum Gasteiger partial charge on any atom is -0.373 e. The second-order valence-electron chi connectivity index (χ2n) is 5.11. The molecule has 0 aliphatic carbocycles. The number of fused-ring (bicyclic) bond motifs is 1. The second kappa shape index (κ2) is 6.71. The Morgan fingerprint density at radius 3 is 2.75 bits per heavy atom. The number of nitrogens with zero attached hydrogens (tertiary/aromatic N) is 1. The van der Waals surface area contributed by atoms with Gasteiger partial charge >= 0.3 is 0 Å². The van der Waals surface area contributed by atoms with Crippen LogP contribution in [0.1, 0.15) is 37.8 Å². The summed E-state index contributed by atoms with van der Waals surface area (Å²) in [6.07, 6.45) is 3.79. The number of benzene rings is 1. The molecule has 3 nitrogen and oxygen atoms in total. The Hall–Kier alpha value is -1.61. The standard InChI is InChI=1S/C17H23NO2/c1-4-18(5-2)17(19)11-10-15-13(3)20-12-14-8-6-7-9-16(14)15/h6-11,13,15H,4-5,12H2,1-3H3/b11-10+/t13-,15+/m1/s1. The Morgan fingerprint density at radius 1 is 1.35 bits per heavy atom. The lowest BCUT2D eigenvalue weighted by Gasteiger charge is -2.29.